The van der Waals surface area contributed by atoms with Crippen LogP contribution in [0, 0.1) is 0 Å². The molecule has 3 N–H and O–H groups in total. The number of nitrogens with two attached hydrogens (primary N) is 1. The smallest absolute Gasteiger partial charge is 0.262 e. The fourth-order valence-corrected chi connectivity index (χ4v) is 2.32. The Morgan fingerprint density at radius 2 is 1.52 bits per heavy atom. The van der Waals surface area contributed by atoms with Gasteiger partial charge in [-0.3, -0.25) is 9.59 Å². The summed E-state index contributed by atoms with van der Waals surface area (Å²) in [5, 5.41) is 2.75. The molecule has 6 nitrogen and oxygen atoms in total. The lowest BCUT2D eigenvalue weighted by Crippen LogP contribution is -2.20. The summed E-state index contributed by atoms with van der Waals surface area (Å²) < 4.78 is 11.1. The van der Waals surface area contributed by atoms with Crippen LogP contribution in [0.25, 0.3) is 0 Å². The van der Waals surface area contributed by atoms with Gasteiger partial charge in [-0.15, -0.1) is 0 Å². The fourth-order valence-electron chi connectivity index (χ4n) is 2.32. The van der Waals surface area contributed by atoms with Gasteiger partial charge in [0.05, 0.1) is 0 Å². The number of hydrogen-bond acceptors (Lipinski definition) is 4. The molecule has 6 heteroatoms. The highest BCUT2D eigenvalue weighted by Crippen LogP contribution is 2.23. The van der Waals surface area contributed by atoms with Gasteiger partial charge in [0.15, 0.2) is 6.61 Å². The van der Waals surface area contributed by atoms with Crippen molar-refractivity contribution in [2.75, 3.05) is 11.9 Å². The van der Waals surface area contributed by atoms with Crippen molar-refractivity contribution >= 4 is 17.5 Å². The molecule has 0 aliphatic rings. The largest absolute Gasteiger partial charge is 0.484 e. The number of hydrogen-bond donors (Lipinski definition) is 2. The van der Waals surface area contributed by atoms with Crippen LogP contribution in [0.1, 0.15) is 10.4 Å². The number of benzene rings is 3. The molecule has 27 heavy (non-hydrogen) atoms. The van der Waals surface area contributed by atoms with Gasteiger partial charge in [-0.25, -0.2) is 0 Å². The fraction of sp³-hybridized carbons (Fsp3) is 0.0476. The Kier molecular flexibility index (Phi) is 5.69. The van der Waals surface area contributed by atoms with E-state index < -0.39 is 5.91 Å². The monoisotopic (exact) mass is 362 g/mol. The zero-order valence-corrected chi connectivity index (χ0v) is 14.4. The van der Waals surface area contributed by atoms with Crippen LogP contribution in [-0.4, -0.2) is 18.4 Å². The zero-order valence-electron chi connectivity index (χ0n) is 14.4. The SMILES string of the molecule is NC(=O)c1ccc(OCC(=O)Nc2cccc(Oc3ccccc3)c2)cc1. The Morgan fingerprint density at radius 3 is 2.22 bits per heavy atom. The van der Waals surface area contributed by atoms with Crippen molar-refractivity contribution in [3.05, 3.63) is 84.4 Å². The van der Waals surface area contributed by atoms with Gasteiger partial charge < -0.3 is 20.5 Å². The summed E-state index contributed by atoms with van der Waals surface area (Å²) in [5.41, 5.74) is 6.15. The Bertz CT molecular complexity index is 924. The Morgan fingerprint density at radius 1 is 0.815 bits per heavy atom. The van der Waals surface area contributed by atoms with E-state index in [9.17, 15) is 9.59 Å². The number of ether oxygens (including phenoxy) is 2. The molecule has 0 saturated carbocycles. The molecular formula is C21H18N2O4. The Labute approximate surface area is 156 Å². The van der Waals surface area contributed by atoms with Gasteiger partial charge in [-0.1, -0.05) is 24.3 Å². The minimum Gasteiger partial charge on any atom is -0.484 e. The number of primary amides is 1. The van der Waals surface area contributed by atoms with E-state index >= 15 is 0 Å². The Hall–Kier alpha value is -3.80. The van der Waals surface area contributed by atoms with Crippen LogP contribution in [0.2, 0.25) is 0 Å². The first-order valence-corrected chi connectivity index (χ1v) is 8.25. The summed E-state index contributed by atoms with van der Waals surface area (Å²) >= 11 is 0. The van der Waals surface area contributed by atoms with Crippen molar-refractivity contribution in [2.45, 2.75) is 0 Å². The lowest BCUT2D eigenvalue weighted by Gasteiger charge is -2.10. The van der Waals surface area contributed by atoms with Crippen LogP contribution in [0.5, 0.6) is 17.2 Å². The standard InChI is InChI=1S/C21H18N2O4/c22-21(25)15-9-11-17(12-10-15)26-14-20(24)23-16-5-4-8-19(13-16)27-18-6-2-1-3-7-18/h1-13H,14H2,(H2,22,25)(H,23,24). The van der Waals surface area contributed by atoms with E-state index in [2.05, 4.69) is 5.32 Å². The van der Waals surface area contributed by atoms with Gasteiger partial charge in [-0.2, -0.15) is 0 Å². The molecule has 0 heterocycles. The van der Waals surface area contributed by atoms with Crippen LogP contribution in [0.4, 0.5) is 5.69 Å². The molecule has 3 aromatic rings. The molecule has 3 aromatic carbocycles. The second kappa shape index (κ2) is 8.53. The molecule has 0 bridgehead atoms. The molecule has 0 atom stereocenters. The number of rotatable bonds is 7. The summed E-state index contributed by atoms with van der Waals surface area (Å²) in [6.45, 7) is -0.167. The second-order valence-electron chi connectivity index (χ2n) is 5.67. The average molecular weight is 362 g/mol. The third-order valence-electron chi connectivity index (χ3n) is 3.61. The van der Waals surface area contributed by atoms with Gasteiger partial charge in [0, 0.05) is 17.3 Å². The van der Waals surface area contributed by atoms with Crippen LogP contribution in [-0.2, 0) is 4.79 Å². The normalized spacial score (nSPS) is 10.1. The van der Waals surface area contributed by atoms with Crippen LogP contribution >= 0.6 is 0 Å². The number of amides is 2. The number of anilines is 1. The molecule has 0 saturated heterocycles. The van der Waals surface area contributed by atoms with Gasteiger partial charge in [-0.05, 0) is 48.5 Å². The van der Waals surface area contributed by atoms with E-state index in [1.165, 1.54) is 0 Å². The van der Waals surface area contributed by atoms with Crippen molar-refractivity contribution in [3.8, 4) is 17.2 Å². The molecule has 0 unspecified atom stereocenters. The molecule has 136 valence electrons. The van der Waals surface area contributed by atoms with E-state index in [4.69, 9.17) is 15.2 Å². The molecule has 3 rings (SSSR count). The summed E-state index contributed by atoms with van der Waals surface area (Å²) in [4.78, 5) is 23.1. The highest BCUT2D eigenvalue weighted by atomic mass is 16.5. The van der Waals surface area contributed by atoms with Crippen molar-refractivity contribution in [3.63, 3.8) is 0 Å². The average Bonchev–Trinajstić information content (AvgIpc) is 2.68. The van der Waals surface area contributed by atoms with Crippen LogP contribution in [0.3, 0.4) is 0 Å². The molecule has 0 aliphatic heterocycles. The molecule has 0 spiro atoms. The topological polar surface area (TPSA) is 90.7 Å². The number of para-hydroxylation sites is 1. The molecule has 2 amide bonds. The quantitative estimate of drug-likeness (QED) is 0.672. The Balaban J connectivity index is 1.54. The van der Waals surface area contributed by atoms with Gasteiger partial charge in [0.1, 0.15) is 17.2 Å². The summed E-state index contributed by atoms with van der Waals surface area (Å²) in [6.07, 6.45) is 0. The van der Waals surface area contributed by atoms with Crippen molar-refractivity contribution in [1.82, 2.24) is 0 Å². The summed E-state index contributed by atoms with van der Waals surface area (Å²) in [7, 11) is 0. The van der Waals surface area contributed by atoms with Crippen molar-refractivity contribution < 1.29 is 19.1 Å². The molecule has 0 aromatic heterocycles. The van der Waals surface area contributed by atoms with E-state index in [0.29, 0.717) is 28.5 Å². The first kappa shape index (κ1) is 18.0. The summed E-state index contributed by atoms with van der Waals surface area (Å²) in [6, 6.07) is 22.7. The third kappa shape index (κ3) is 5.34. The number of carbonyl (C=O) groups is 2. The predicted molar refractivity (Wildman–Crippen MR) is 102 cm³/mol. The maximum absolute atomic E-state index is 12.1. The van der Waals surface area contributed by atoms with E-state index in [0.717, 1.165) is 0 Å². The predicted octanol–water partition coefficient (Wildman–Crippen LogP) is 3.60. The minimum atomic E-state index is -0.517. The zero-order chi connectivity index (χ0) is 19.1. The van der Waals surface area contributed by atoms with Crippen molar-refractivity contribution in [2.24, 2.45) is 5.73 Å². The molecule has 0 fully saturated rings. The molecular weight excluding hydrogens is 344 g/mol. The first-order chi connectivity index (χ1) is 13.1. The van der Waals surface area contributed by atoms with Gasteiger partial charge >= 0.3 is 0 Å². The first-order valence-electron chi connectivity index (χ1n) is 8.25. The second-order valence-corrected chi connectivity index (χ2v) is 5.67. The highest BCUT2D eigenvalue weighted by molar-refractivity contribution is 5.93. The van der Waals surface area contributed by atoms with Crippen LogP contribution in [0.15, 0.2) is 78.9 Å². The van der Waals surface area contributed by atoms with E-state index in [1.54, 1.807) is 48.5 Å². The van der Waals surface area contributed by atoms with Gasteiger partial charge in [0.25, 0.3) is 5.91 Å². The minimum absolute atomic E-state index is 0.167. The van der Waals surface area contributed by atoms with Crippen LogP contribution < -0.4 is 20.5 Å². The van der Waals surface area contributed by atoms with Crippen molar-refractivity contribution in [1.29, 1.82) is 0 Å². The van der Waals surface area contributed by atoms with E-state index in [1.807, 2.05) is 30.3 Å². The maximum Gasteiger partial charge on any atom is 0.262 e. The van der Waals surface area contributed by atoms with E-state index in [-0.39, 0.29) is 12.5 Å². The third-order valence-corrected chi connectivity index (χ3v) is 3.61. The number of carbonyl (C=O) groups excluding carboxylic acids is 2. The molecule has 0 aliphatic carbocycles. The maximum atomic E-state index is 12.1. The lowest BCUT2D eigenvalue weighted by atomic mass is 10.2. The lowest BCUT2D eigenvalue weighted by molar-refractivity contribution is -0.118. The van der Waals surface area contributed by atoms with Gasteiger partial charge in [0.2, 0.25) is 5.91 Å². The molecule has 0 radical (unpaired) electrons. The summed E-state index contributed by atoms with van der Waals surface area (Å²) in [5.74, 6) is 0.963. The highest BCUT2D eigenvalue weighted by Gasteiger charge is 2.06. The number of nitrogens with one attached hydrogen (secondary N) is 1.